The van der Waals surface area contributed by atoms with E-state index in [0.717, 1.165) is 15.6 Å². The van der Waals surface area contributed by atoms with Gasteiger partial charge in [0.15, 0.2) is 0 Å². The normalized spacial score (nSPS) is 10.7. The lowest BCUT2D eigenvalue weighted by Crippen LogP contribution is -2.04. The maximum atomic E-state index is 13.1. The molecule has 1 aromatic carbocycles. The molecule has 0 aliphatic rings. The summed E-state index contributed by atoms with van der Waals surface area (Å²) in [6, 6.07) is 4.98. The van der Waals surface area contributed by atoms with Crippen LogP contribution in [0.25, 0.3) is 10.6 Å². The molecule has 0 saturated carbocycles. The number of nitrogens with zero attached hydrogens (tertiary/aromatic N) is 2. The molecule has 0 atom stereocenters. The average Bonchev–Trinajstić information content (AvgIpc) is 2.71. The maximum absolute atomic E-state index is 13.1. The Labute approximate surface area is 97.3 Å². The van der Waals surface area contributed by atoms with E-state index in [-0.39, 0.29) is 5.82 Å². The van der Waals surface area contributed by atoms with E-state index >= 15 is 0 Å². The third-order valence-corrected chi connectivity index (χ3v) is 3.17. The number of aromatic nitrogens is 2. The van der Waals surface area contributed by atoms with Gasteiger partial charge in [0, 0.05) is 12.1 Å². The lowest BCUT2D eigenvalue weighted by Gasteiger charge is -1.98. The van der Waals surface area contributed by atoms with Gasteiger partial charge in [-0.3, -0.25) is 0 Å². The molecule has 0 fully saturated rings. The molecule has 0 bridgehead atoms. The van der Waals surface area contributed by atoms with E-state index in [4.69, 9.17) is 0 Å². The van der Waals surface area contributed by atoms with Crippen molar-refractivity contribution in [3.8, 4) is 10.6 Å². The molecular formula is C11H12FN3S. The van der Waals surface area contributed by atoms with Crippen molar-refractivity contribution in [2.45, 2.75) is 13.5 Å². The number of halogens is 1. The molecule has 0 unspecified atom stereocenters. The van der Waals surface area contributed by atoms with Crippen LogP contribution < -0.4 is 5.32 Å². The number of hydrogen-bond donors (Lipinski definition) is 1. The molecule has 2 aromatic rings. The third kappa shape index (κ3) is 2.25. The predicted octanol–water partition coefficient (Wildman–Crippen LogP) is 2.37. The summed E-state index contributed by atoms with van der Waals surface area (Å²) in [6.07, 6.45) is 0. The fourth-order valence-corrected chi connectivity index (χ4v) is 2.22. The van der Waals surface area contributed by atoms with Gasteiger partial charge in [0.25, 0.3) is 0 Å². The molecule has 3 nitrogen and oxygen atoms in total. The second-order valence-corrected chi connectivity index (χ2v) is 4.56. The molecule has 84 valence electrons. The largest absolute Gasteiger partial charge is 0.313 e. The summed E-state index contributed by atoms with van der Waals surface area (Å²) in [5, 5.41) is 12.9. The average molecular weight is 237 g/mol. The van der Waals surface area contributed by atoms with E-state index in [2.05, 4.69) is 15.5 Å². The number of hydrogen-bond acceptors (Lipinski definition) is 4. The Morgan fingerprint density at radius 2 is 2.19 bits per heavy atom. The minimum absolute atomic E-state index is 0.191. The van der Waals surface area contributed by atoms with Crippen LogP contribution in [0.5, 0.6) is 0 Å². The van der Waals surface area contributed by atoms with E-state index in [9.17, 15) is 4.39 Å². The summed E-state index contributed by atoms with van der Waals surface area (Å²) < 4.78 is 13.1. The van der Waals surface area contributed by atoms with Crippen LogP contribution >= 0.6 is 11.3 Å². The molecule has 2 rings (SSSR count). The molecule has 0 saturated heterocycles. The molecule has 0 aliphatic heterocycles. The first-order valence-electron chi connectivity index (χ1n) is 4.94. The molecule has 0 radical (unpaired) electrons. The molecule has 0 amide bonds. The zero-order valence-corrected chi connectivity index (χ0v) is 9.94. The van der Waals surface area contributed by atoms with Crippen molar-refractivity contribution in [3.05, 3.63) is 34.6 Å². The standard InChI is InChI=1S/C11H12FN3S/c1-7-5-8(3-4-9(7)12)11-15-14-10(16-11)6-13-2/h3-5,13H,6H2,1-2H3. The Hall–Kier alpha value is -1.33. The zero-order valence-electron chi connectivity index (χ0n) is 9.12. The van der Waals surface area contributed by atoms with Gasteiger partial charge in [-0.2, -0.15) is 0 Å². The summed E-state index contributed by atoms with van der Waals surface area (Å²) in [6.45, 7) is 2.45. The SMILES string of the molecule is CNCc1nnc(-c2ccc(F)c(C)c2)s1. The highest BCUT2D eigenvalue weighted by Gasteiger charge is 2.07. The van der Waals surface area contributed by atoms with Gasteiger partial charge in [0.1, 0.15) is 15.8 Å². The van der Waals surface area contributed by atoms with Crippen LogP contribution in [0.4, 0.5) is 4.39 Å². The van der Waals surface area contributed by atoms with Crippen LogP contribution in [-0.2, 0) is 6.54 Å². The number of aryl methyl sites for hydroxylation is 1. The van der Waals surface area contributed by atoms with E-state index in [1.165, 1.54) is 17.4 Å². The minimum atomic E-state index is -0.191. The highest BCUT2D eigenvalue weighted by molar-refractivity contribution is 7.14. The molecule has 0 aliphatic carbocycles. The van der Waals surface area contributed by atoms with Crippen LogP contribution in [0.1, 0.15) is 10.6 Å². The summed E-state index contributed by atoms with van der Waals surface area (Å²) >= 11 is 1.52. The van der Waals surface area contributed by atoms with Crippen molar-refractivity contribution >= 4 is 11.3 Å². The van der Waals surface area contributed by atoms with Gasteiger partial charge in [-0.15, -0.1) is 10.2 Å². The quantitative estimate of drug-likeness (QED) is 0.890. The van der Waals surface area contributed by atoms with E-state index in [0.29, 0.717) is 12.1 Å². The van der Waals surface area contributed by atoms with E-state index in [1.54, 1.807) is 19.1 Å². The lowest BCUT2D eigenvalue weighted by molar-refractivity contribution is 0.619. The summed E-state index contributed by atoms with van der Waals surface area (Å²) in [7, 11) is 1.86. The van der Waals surface area contributed by atoms with Crippen LogP contribution in [0.15, 0.2) is 18.2 Å². The van der Waals surface area contributed by atoms with Crippen molar-refractivity contribution in [1.29, 1.82) is 0 Å². The Bertz CT molecular complexity index is 496. The monoisotopic (exact) mass is 237 g/mol. The topological polar surface area (TPSA) is 37.8 Å². The summed E-state index contributed by atoms with van der Waals surface area (Å²) in [5.74, 6) is -0.191. The predicted molar refractivity (Wildman–Crippen MR) is 62.8 cm³/mol. The lowest BCUT2D eigenvalue weighted by atomic mass is 10.1. The second kappa shape index (κ2) is 4.67. The van der Waals surface area contributed by atoms with Crippen molar-refractivity contribution in [3.63, 3.8) is 0 Å². The van der Waals surface area contributed by atoms with Crippen LogP contribution in [0.3, 0.4) is 0 Å². The van der Waals surface area contributed by atoms with Crippen molar-refractivity contribution in [2.75, 3.05) is 7.05 Å². The van der Waals surface area contributed by atoms with Crippen molar-refractivity contribution in [2.24, 2.45) is 0 Å². The molecule has 1 heterocycles. The Morgan fingerprint density at radius 1 is 1.38 bits per heavy atom. The Balaban J connectivity index is 2.31. The first kappa shape index (κ1) is 11.2. The van der Waals surface area contributed by atoms with Gasteiger partial charge in [0.2, 0.25) is 0 Å². The highest BCUT2D eigenvalue weighted by Crippen LogP contribution is 2.24. The minimum Gasteiger partial charge on any atom is -0.313 e. The van der Waals surface area contributed by atoms with Crippen LogP contribution in [0, 0.1) is 12.7 Å². The van der Waals surface area contributed by atoms with Gasteiger partial charge in [-0.1, -0.05) is 11.3 Å². The van der Waals surface area contributed by atoms with E-state index in [1.807, 2.05) is 7.05 Å². The van der Waals surface area contributed by atoms with Gasteiger partial charge in [-0.25, -0.2) is 4.39 Å². The maximum Gasteiger partial charge on any atom is 0.147 e. The number of rotatable bonds is 3. The zero-order chi connectivity index (χ0) is 11.5. The molecule has 5 heteroatoms. The van der Waals surface area contributed by atoms with Gasteiger partial charge in [-0.05, 0) is 37.7 Å². The van der Waals surface area contributed by atoms with Crippen LogP contribution in [0.2, 0.25) is 0 Å². The van der Waals surface area contributed by atoms with Gasteiger partial charge in [0.05, 0.1) is 0 Å². The first-order chi connectivity index (χ1) is 7.70. The van der Waals surface area contributed by atoms with Gasteiger partial charge < -0.3 is 5.32 Å². The number of benzene rings is 1. The smallest absolute Gasteiger partial charge is 0.147 e. The fraction of sp³-hybridized carbons (Fsp3) is 0.273. The Morgan fingerprint density at radius 3 is 2.88 bits per heavy atom. The Kier molecular flexibility index (Phi) is 3.26. The number of nitrogens with one attached hydrogen (secondary N) is 1. The molecule has 16 heavy (non-hydrogen) atoms. The van der Waals surface area contributed by atoms with Crippen molar-refractivity contribution in [1.82, 2.24) is 15.5 Å². The second-order valence-electron chi connectivity index (χ2n) is 3.50. The van der Waals surface area contributed by atoms with Crippen LogP contribution in [-0.4, -0.2) is 17.2 Å². The van der Waals surface area contributed by atoms with Gasteiger partial charge >= 0.3 is 0 Å². The highest BCUT2D eigenvalue weighted by atomic mass is 32.1. The molecule has 0 spiro atoms. The molecule has 1 N–H and O–H groups in total. The summed E-state index contributed by atoms with van der Waals surface area (Å²) in [4.78, 5) is 0. The molecular weight excluding hydrogens is 225 g/mol. The van der Waals surface area contributed by atoms with Crippen molar-refractivity contribution < 1.29 is 4.39 Å². The summed E-state index contributed by atoms with van der Waals surface area (Å²) in [5.41, 5.74) is 1.54. The third-order valence-electron chi connectivity index (χ3n) is 2.20. The molecule has 1 aromatic heterocycles. The first-order valence-corrected chi connectivity index (χ1v) is 5.76. The van der Waals surface area contributed by atoms with E-state index < -0.39 is 0 Å². The fourth-order valence-electron chi connectivity index (χ4n) is 1.37.